The zero-order valence-electron chi connectivity index (χ0n) is 19.4. The molecule has 1 fully saturated rings. The lowest BCUT2D eigenvalue weighted by Crippen LogP contribution is -2.25. The molecule has 1 amide bonds. The molecule has 0 bridgehead atoms. The first-order valence-corrected chi connectivity index (χ1v) is 11.5. The number of alkyl halides is 2. The van der Waals surface area contributed by atoms with E-state index in [1.54, 1.807) is 6.92 Å². The van der Waals surface area contributed by atoms with Gasteiger partial charge in [0.25, 0.3) is 5.91 Å². The highest BCUT2D eigenvalue weighted by Crippen LogP contribution is 2.37. The number of aromatic nitrogens is 1. The van der Waals surface area contributed by atoms with Gasteiger partial charge in [-0.05, 0) is 56.9 Å². The molecule has 0 saturated heterocycles. The third kappa shape index (κ3) is 5.96. The molecule has 11 heteroatoms. The molecule has 1 heterocycles. The van der Waals surface area contributed by atoms with Crippen molar-refractivity contribution in [2.45, 2.75) is 57.9 Å². The maximum atomic E-state index is 13.9. The van der Waals surface area contributed by atoms with Gasteiger partial charge in [-0.1, -0.05) is 6.07 Å². The van der Waals surface area contributed by atoms with Gasteiger partial charge < -0.3 is 24.9 Å². The van der Waals surface area contributed by atoms with E-state index in [1.165, 1.54) is 24.3 Å². The summed E-state index contributed by atoms with van der Waals surface area (Å²) >= 11 is 0. The smallest absolute Gasteiger partial charge is 0.387 e. The molecule has 2 aromatic carbocycles. The van der Waals surface area contributed by atoms with Crippen molar-refractivity contribution >= 4 is 5.91 Å². The number of rotatable bonds is 9. The molecule has 36 heavy (non-hydrogen) atoms. The van der Waals surface area contributed by atoms with E-state index in [-0.39, 0.29) is 47.1 Å². The highest BCUT2D eigenvalue weighted by molar-refractivity contribution is 5.94. The molecular formula is C25H25F4N3O4. The van der Waals surface area contributed by atoms with Gasteiger partial charge in [0.05, 0.1) is 12.1 Å². The second-order valence-corrected chi connectivity index (χ2v) is 8.50. The predicted octanol–water partition coefficient (Wildman–Crippen LogP) is 5.49. The number of benzene rings is 2. The van der Waals surface area contributed by atoms with E-state index in [9.17, 15) is 22.4 Å². The van der Waals surface area contributed by atoms with E-state index in [1.807, 2.05) is 0 Å². The molecule has 1 atom stereocenters. The lowest BCUT2D eigenvalue weighted by atomic mass is 10.2. The number of nitrogens with two attached hydrogens (primary N) is 1. The first kappa shape index (κ1) is 25.5. The fourth-order valence-electron chi connectivity index (χ4n) is 3.96. The summed E-state index contributed by atoms with van der Waals surface area (Å²) in [5.41, 5.74) is 6.29. The van der Waals surface area contributed by atoms with Crippen LogP contribution in [0.3, 0.4) is 0 Å². The van der Waals surface area contributed by atoms with Crippen molar-refractivity contribution in [3.05, 3.63) is 65.1 Å². The molecule has 4 rings (SSSR count). The van der Waals surface area contributed by atoms with Crippen molar-refractivity contribution in [3.63, 3.8) is 0 Å². The van der Waals surface area contributed by atoms with Crippen LogP contribution in [0.15, 0.2) is 40.8 Å². The molecule has 0 radical (unpaired) electrons. The van der Waals surface area contributed by atoms with E-state index in [0.29, 0.717) is 5.56 Å². The van der Waals surface area contributed by atoms with Crippen LogP contribution in [0.5, 0.6) is 11.5 Å². The summed E-state index contributed by atoms with van der Waals surface area (Å²) in [5.74, 6) is -2.14. The number of carbonyl (C=O) groups is 1. The number of hydrogen-bond donors (Lipinski definition) is 2. The van der Waals surface area contributed by atoms with Crippen LogP contribution < -0.4 is 20.5 Å². The van der Waals surface area contributed by atoms with Crippen LogP contribution in [-0.2, 0) is 6.54 Å². The number of ether oxygens (including phenoxy) is 2. The molecule has 0 spiro atoms. The third-order valence-corrected chi connectivity index (χ3v) is 5.74. The monoisotopic (exact) mass is 507 g/mol. The standard InChI is InChI=1S/C25H25F4N3O4/c1-13(30)22-21(23(33)31-12-15-6-8-16(26)11-18(15)27)32-24(36-22)14-7-9-19(35-25(28)29)20(10-14)34-17-4-2-3-5-17/h6-11,13,17,25H,2-5,12,30H2,1H3,(H,31,33)/t13-/m0/s1. The van der Waals surface area contributed by atoms with E-state index in [0.717, 1.165) is 37.8 Å². The molecule has 3 N–H and O–H groups in total. The van der Waals surface area contributed by atoms with Crippen LogP contribution in [-0.4, -0.2) is 23.6 Å². The van der Waals surface area contributed by atoms with Crippen molar-refractivity contribution in [1.29, 1.82) is 0 Å². The maximum Gasteiger partial charge on any atom is 0.387 e. The Bertz CT molecular complexity index is 1230. The summed E-state index contributed by atoms with van der Waals surface area (Å²) in [6.07, 6.45) is 3.43. The second kappa shape index (κ2) is 11.0. The fraction of sp³-hybridized carbons (Fsp3) is 0.360. The van der Waals surface area contributed by atoms with E-state index in [4.69, 9.17) is 14.9 Å². The Kier molecular flexibility index (Phi) is 7.78. The average molecular weight is 507 g/mol. The topological polar surface area (TPSA) is 99.6 Å². The van der Waals surface area contributed by atoms with E-state index < -0.39 is 30.2 Å². The number of oxazole rings is 1. The van der Waals surface area contributed by atoms with Crippen molar-refractivity contribution in [3.8, 4) is 23.0 Å². The molecule has 1 aliphatic carbocycles. The summed E-state index contributed by atoms with van der Waals surface area (Å²) < 4.78 is 69.1. The molecule has 3 aromatic rings. The SMILES string of the molecule is C[C@H](N)c1oc(-c2ccc(OC(F)F)c(OC3CCCC3)c2)nc1C(=O)NCc1ccc(F)cc1F. The normalized spacial score (nSPS) is 14.8. The van der Waals surface area contributed by atoms with Gasteiger partial charge in [-0.25, -0.2) is 13.8 Å². The molecule has 7 nitrogen and oxygen atoms in total. The Balaban J connectivity index is 1.60. The van der Waals surface area contributed by atoms with Crippen LogP contribution in [0.1, 0.15) is 60.5 Å². The first-order valence-electron chi connectivity index (χ1n) is 11.5. The number of halogens is 4. The van der Waals surface area contributed by atoms with Crippen LogP contribution >= 0.6 is 0 Å². The van der Waals surface area contributed by atoms with Gasteiger partial charge in [0.2, 0.25) is 5.89 Å². The zero-order chi connectivity index (χ0) is 25.8. The molecule has 0 aliphatic heterocycles. The second-order valence-electron chi connectivity index (χ2n) is 8.50. The minimum atomic E-state index is -3.03. The Hall–Kier alpha value is -3.60. The molecule has 1 saturated carbocycles. The van der Waals surface area contributed by atoms with E-state index in [2.05, 4.69) is 15.0 Å². The fourth-order valence-corrected chi connectivity index (χ4v) is 3.96. The number of carbonyl (C=O) groups excluding carboxylic acids is 1. The Labute approximate surface area is 204 Å². The van der Waals surface area contributed by atoms with Crippen LogP contribution in [0.25, 0.3) is 11.5 Å². The van der Waals surface area contributed by atoms with Crippen molar-refractivity contribution < 1.29 is 36.2 Å². The van der Waals surface area contributed by atoms with Crippen LogP contribution in [0.2, 0.25) is 0 Å². The average Bonchev–Trinajstić information content (AvgIpc) is 3.49. The summed E-state index contributed by atoms with van der Waals surface area (Å²) in [7, 11) is 0. The van der Waals surface area contributed by atoms with Crippen molar-refractivity contribution in [2.75, 3.05) is 0 Å². The quantitative estimate of drug-likeness (QED) is 0.372. The predicted molar refractivity (Wildman–Crippen MR) is 122 cm³/mol. The summed E-state index contributed by atoms with van der Waals surface area (Å²) in [6, 6.07) is 6.53. The van der Waals surface area contributed by atoms with Crippen LogP contribution in [0.4, 0.5) is 17.6 Å². The highest BCUT2D eigenvalue weighted by Gasteiger charge is 2.25. The summed E-state index contributed by atoms with van der Waals surface area (Å²) in [6.45, 7) is -1.66. The number of amides is 1. The first-order chi connectivity index (χ1) is 17.2. The Morgan fingerprint density at radius 2 is 1.92 bits per heavy atom. The lowest BCUT2D eigenvalue weighted by Gasteiger charge is -2.17. The Morgan fingerprint density at radius 1 is 1.17 bits per heavy atom. The Morgan fingerprint density at radius 3 is 2.58 bits per heavy atom. The van der Waals surface area contributed by atoms with Gasteiger partial charge in [0, 0.05) is 23.7 Å². The molecule has 1 aliphatic rings. The maximum absolute atomic E-state index is 13.9. The van der Waals surface area contributed by atoms with Gasteiger partial charge in [-0.3, -0.25) is 4.79 Å². The third-order valence-electron chi connectivity index (χ3n) is 5.74. The van der Waals surface area contributed by atoms with Gasteiger partial charge in [-0.15, -0.1) is 0 Å². The molecular weight excluding hydrogens is 482 g/mol. The van der Waals surface area contributed by atoms with Gasteiger partial charge in [0.1, 0.15) is 11.6 Å². The number of hydrogen-bond acceptors (Lipinski definition) is 6. The minimum absolute atomic E-state index is 0.0141. The highest BCUT2D eigenvalue weighted by atomic mass is 19.3. The van der Waals surface area contributed by atoms with E-state index >= 15 is 0 Å². The summed E-state index contributed by atoms with van der Waals surface area (Å²) in [5, 5.41) is 2.52. The van der Waals surface area contributed by atoms with Crippen LogP contribution in [0, 0.1) is 11.6 Å². The lowest BCUT2D eigenvalue weighted by molar-refractivity contribution is -0.0520. The number of nitrogens with zero attached hydrogens (tertiary/aromatic N) is 1. The largest absolute Gasteiger partial charge is 0.487 e. The van der Waals surface area contributed by atoms with Gasteiger partial charge >= 0.3 is 6.61 Å². The van der Waals surface area contributed by atoms with Gasteiger partial charge in [-0.2, -0.15) is 8.78 Å². The summed E-state index contributed by atoms with van der Waals surface area (Å²) in [4.78, 5) is 17.1. The molecule has 192 valence electrons. The van der Waals surface area contributed by atoms with Crippen molar-refractivity contribution in [2.24, 2.45) is 5.73 Å². The van der Waals surface area contributed by atoms with Gasteiger partial charge in [0.15, 0.2) is 23.0 Å². The number of nitrogens with one attached hydrogen (secondary N) is 1. The molecule has 0 unspecified atom stereocenters. The van der Waals surface area contributed by atoms with Crippen molar-refractivity contribution in [1.82, 2.24) is 10.3 Å². The molecule has 1 aromatic heterocycles. The zero-order valence-corrected chi connectivity index (χ0v) is 19.4. The minimum Gasteiger partial charge on any atom is -0.487 e.